The van der Waals surface area contributed by atoms with Gasteiger partial charge in [0.1, 0.15) is 5.82 Å². The van der Waals surface area contributed by atoms with E-state index in [1.54, 1.807) is 24.3 Å². The molecule has 9 heteroatoms. The van der Waals surface area contributed by atoms with Gasteiger partial charge in [-0.3, -0.25) is 4.79 Å². The fraction of sp³-hybridized carbons (Fsp3) is 0. The van der Waals surface area contributed by atoms with Crippen LogP contribution in [0.1, 0.15) is 11.4 Å². The lowest BCUT2D eigenvalue weighted by atomic mass is 10.1. The highest BCUT2D eigenvalue weighted by Gasteiger charge is 2.27. The first-order valence-corrected chi connectivity index (χ1v) is 12.2. The summed E-state index contributed by atoms with van der Waals surface area (Å²) in [5.74, 6) is 0.150. The van der Waals surface area contributed by atoms with Crippen LogP contribution in [0.4, 0.5) is 11.4 Å². The van der Waals surface area contributed by atoms with E-state index >= 15 is 0 Å². The summed E-state index contributed by atoms with van der Waals surface area (Å²) in [7, 11) is -4.17. The lowest BCUT2D eigenvalue weighted by Gasteiger charge is -2.09. The number of benzene rings is 4. The Morgan fingerprint density at radius 2 is 1.69 bits per heavy atom. The minimum absolute atomic E-state index is 0.0865. The molecule has 1 aliphatic heterocycles. The molecule has 1 aliphatic rings. The van der Waals surface area contributed by atoms with Crippen molar-refractivity contribution in [3.05, 3.63) is 96.3 Å². The molecule has 35 heavy (non-hydrogen) atoms. The van der Waals surface area contributed by atoms with E-state index in [9.17, 15) is 13.2 Å². The third-order valence-corrected chi connectivity index (χ3v) is 6.90. The van der Waals surface area contributed by atoms with Gasteiger partial charge in [-0.15, -0.1) is 4.28 Å². The molecular weight excluding hydrogens is 464 g/mol. The molecule has 0 aliphatic carbocycles. The molecule has 8 nitrogen and oxygen atoms in total. The Hall–Kier alpha value is -4.47. The third kappa shape index (κ3) is 3.92. The monoisotopic (exact) mass is 482 g/mol. The number of fused-ring (bicyclic) bond motifs is 3. The number of carbonyl (C=O) groups is 1. The summed E-state index contributed by atoms with van der Waals surface area (Å²) in [6, 6.07) is 25.0. The topological polar surface area (TPSA) is 113 Å². The highest BCUT2D eigenvalue weighted by atomic mass is 32.2. The first-order chi connectivity index (χ1) is 17.0. The summed E-state index contributed by atoms with van der Waals surface area (Å²) in [5, 5.41) is 4.73. The summed E-state index contributed by atoms with van der Waals surface area (Å²) in [4.78, 5) is 20.2. The molecule has 0 saturated carbocycles. The molecule has 0 fully saturated rings. The lowest BCUT2D eigenvalue weighted by Crippen LogP contribution is -2.12. The maximum absolute atomic E-state index is 12.9. The van der Waals surface area contributed by atoms with Crippen molar-refractivity contribution in [2.45, 2.75) is 4.90 Å². The van der Waals surface area contributed by atoms with Gasteiger partial charge >= 0.3 is 10.1 Å². The van der Waals surface area contributed by atoms with E-state index in [2.05, 4.69) is 20.8 Å². The van der Waals surface area contributed by atoms with Crippen LogP contribution in [0.25, 0.3) is 33.5 Å². The predicted octanol–water partition coefficient (Wildman–Crippen LogP) is 4.94. The first-order valence-electron chi connectivity index (χ1n) is 10.8. The van der Waals surface area contributed by atoms with Gasteiger partial charge in [0, 0.05) is 11.3 Å². The fourth-order valence-corrected chi connectivity index (χ4v) is 4.85. The molecule has 0 atom stereocenters. The molecule has 4 aromatic carbocycles. The second-order valence-corrected chi connectivity index (χ2v) is 9.61. The Morgan fingerprint density at radius 1 is 0.886 bits per heavy atom. The Kier molecular flexibility index (Phi) is 4.87. The molecule has 0 spiro atoms. The number of aromatic nitrogens is 2. The van der Waals surface area contributed by atoms with E-state index < -0.39 is 10.1 Å². The molecule has 5 aromatic rings. The molecule has 3 N–H and O–H groups in total. The van der Waals surface area contributed by atoms with Gasteiger partial charge in [0.25, 0.3) is 5.91 Å². The number of carbonyl (C=O) groups excluding carboxylic acids is 1. The Bertz CT molecular complexity index is 1740. The summed E-state index contributed by atoms with van der Waals surface area (Å²) >= 11 is 0. The van der Waals surface area contributed by atoms with Gasteiger partial charge in [-0.1, -0.05) is 42.5 Å². The highest BCUT2D eigenvalue weighted by Crippen LogP contribution is 2.35. The van der Waals surface area contributed by atoms with Crippen LogP contribution in [0.15, 0.2) is 89.8 Å². The highest BCUT2D eigenvalue weighted by molar-refractivity contribution is 7.86. The number of nitrogens with zero attached hydrogens (tertiary/aromatic N) is 1. The number of hydrogen-bond acceptors (Lipinski definition) is 6. The van der Waals surface area contributed by atoms with Crippen molar-refractivity contribution < 1.29 is 17.5 Å². The molecule has 1 aromatic heterocycles. The molecule has 1 amide bonds. The van der Waals surface area contributed by atoms with E-state index in [0.717, 1.165) is 21.8 Å². The van der Waals surface area contributed by atoms with Crippen molar-refractivity contribution in [3.8, 4) is 0 Å². The van der Waals surface area contributed by atoms with Crippen LogP contribution in [-0.4, -0.2) is 24.3 Å². The molecule has 172 valence electrons. The molecule has 0 radical (unpaired) electrons. The molecule has 2 heterocycles. The van der Waals surface area contributed by atoms with E-state index in [-0.39, 0.29) is 10.8 Å². The molecule has 0 bridgehead atoms. The van der Waals surface area contributed by atoms with Gasteiger partial charge in [0.05, 0.1) is 27.2 Å². The molecule has 0 saturated heterocycles. The SMILES string of the molecule is O=C1Nc2ccc(S(=O)(=O)ONc3ccc4ccccc4c3)cc2C1=Cc1nc2ccccc2[nH]1. The maximum Gasteiger partial charge on any atom is 0.317 e. The third-order valence-electron chi connectivity index (χ3n) is 5.77. The number of imidazole rings is 1. The summed E-state index contributed by atoms with van der Waals surface area (Å²) < 4.78 is 30.9. The van der Waals surface area contributed by atoms with Crippen molar-refractivity contribution in [3.63, 3.8) is 0 Å². The number of amides is 1. The number of hydrogen-bond donors (Lipinski definition) is 3. The normalized spacial score (nSPS) is 14.4. The zero-order valence-corrected chi connectivity index (χ0v) is 19.0. The van der Waals surface area contributed by atoms with Crippen LogP contribution in [0.5, 0.6) is 0 Å². The van der Waals surface area contributed by atoms with Crippen LogP contribution < -0.4 is 10.8 Å². The summed E-state index contributed by atoms with van der Waals surface area (Å²) in [6.07, 6.45) is 1.60. The zero-order valence-electron chi connectivity index (χ0n) is 18.1. The van der Waals surface area contributed by atoms with Crippen LogP contribution >= 0.6 is 0 Å². The quantitative estimate of drug-likeness (QED) is 0.242. The first kappa shape index (κ1) is 21.1. The van der Waals surface area contributed by atoms with E-state index in [1.807, 2.05) is 54.6 Å². The second-order valence-electron chi connectivity index (χ2n) is 8.06. The minimum Gasteiger partial charge on any atom is -0.338 e. The van der Waals surface area contributed by atoms with Crippen molar-refractivity contribution in [2.75, 3.05) is 10.8 Å². The Labute approximate surface area is 200 Å². The van der Waals surface area contributed by atoms with Crippen molar-refractivity contribution in [2.24, 2.45) is 0 Å². The molecule has 0 unspecified atom stereocenters. The standard InChI is InChI=1S/C26H18N4O4S/c31-26-21(15-25-27-23-7-3-4-8-24(23)28-25)20-14-19(11-12-22(20)29-26)35(32,33)34-30-18-10-9-16-5-1-2-6-17(16)13-18/h1-15,30H,(H,27,28)(H,29,31). The molecular formula is C26H18N4O4S. The van der Waals surface area contributed by atoms with Crippen molar-refractivity contribution in [1.82, 2.24) is 9.97 Å². The van der Waals surface area contributed by atoms with Gasteiger partial charge in [0.2, 0.25) is 0 Å². The fourth-order valence-electron chi connectivity index (χ4n) is 4.05. The van der Waals surface area contributed by atoms with E-state index in [1.165, 1.54) is 12.1 Å². The smallest absolute Gasteiger partial charge is 0.317 e. The van der Waals surface area contributed by atoms with Gasteiger partial charge in [-0.2, -0.15) is 8.42 Å². The van der Waals surface area contributed by atoms with Crippen LogP contribution in [0.3, 0.4) is 0 Å². The zero-order chi connectivity index (χ0) is 24.0. The van der Waals surface area contributed by atoms with E-state index in [0.29, 0.717) is 28.3 Å². The van der Waals surface area contributed by atoms with Crippen LogP contribution in [-0.2, 0) is 19.2 Å². The number of H-pyrrole nitrogens is 1. The van der Waals surface area contributed by atoms with Crippen LogP contribution in [0.2, 0.25) is 0 Å². The van der Waals surface area contributed by atoms with Gasteiger partial charge in [0.15, 0.2) is 0 Å². The summed E-state index contributed by atoms with van der Waals surface area (Å²) in [6.45, 7) is 0. The number of para-hydroxylation sites is 2. The van der Waals surface area contributed by atoms with E-state index in [4.69, 9.17) is 4.28 Å². The van der Waals surface area contributed by atoms with Crippen LogP contribution in [0, 0.1) is 0 Å². The summed E-state index contributed by atoms with van der Waals surface area (Å²) in [5.41, 5.74) is 5.88. The number of aromatic amines is 1. The maximum atomic E-state index is 12.9. The Balaban J connectivity index is 1.29. The number of rotatable bonds is 5. The predicted molar refractivity (Wildman–Crippen MR) is 135 cm³/mol. The average molecular weight is 483 g/mol. The number of nitrogens with one attached hydrogen (secondary N) is 3. The average Bonchev–Trinajstić information content (AvgIpc) is 3.42. The van der Waals surface area contributed by atoms with Crippen molar-refractivity contribution in [1.29, 1.82) is 0 Å². The second kappa shape index (κ2) is 8.08. The molecule has 6 rings (SSSR count). The Morgan fingerprint density at radius 3 is 2.54 bits per heavy atom. The minimum atomic E-state index is -4.17. The number of anilines is 2. The lowest BCUT2D eigenvalue weighted by molar-refractivity contribution is -0.110. The largest absolute Gasteiger partial charge is 0.338 e. The van der Waals surface area contributed by atoms with Gasteiger partial charge in [-0.05, 0) is 59.3 Å². The van der Waals surface area contributed by atoms with Gasteiger partial charge in [-0.25, -0.2) is 10.5 Å². The van der Waals surface area contributed by atoms with Gasteiger partial charge < -0.3 is 10.3 Å². The van der Waals surface area contributed by atoms with Crippen molar-refractivity contribution >= 4 is 60.9 Å².